The molecule has 29 heavy (non-hydrogen) atoms. The first kappa shape index (κ1) is 20.6. The Balaban J connectivity index is 1.85. The van der Waals surface area contributed by atoms with Gasteiger partial charge in [0.25, 0.3) is 0 Å². The average Bonchev–Trinajstić information content (AvgIpc) is 3.02. The van der Waals surface area contributed by atoms with Crippen LogP contribution < -0.4 is 0 Å². The summed E-state index contributed by atoms with van der Waals surface area (Å²) < 4.78 is 7.78. The minimum absolute atomic E-state index is 0.240. The molecule has 0 aliphatic rings. The normalized spacial score (nSPS) is 12.8. The van der Waals surface area contributed by atoms with Crippen LogP contribution in [0.15, 0.2) is 42.5 Å². The number of aromatic nitrogens is 2. The molecule has 0 aliphatic heterocycles. The summed E-state index contributed by atoms with van der Waals surface area (Å²) in [5.74, 6) is 1.12. The summed E-state index contributed by atoms with van der Waals surface area (Å²) in [6.45, 7) is 10.3. The van der Waals surface area contributed by atoms with Gasteiger partial charge in [-0.05, 0) is 56.0 Å². The van der Waals surface area contributed by atoms with E-state index in [1.165, 1.54) is 0 Å². The zero-order chi connectivity index (χ0) is 21.3. The maximum atomic E-state index is 12.6. The summed E-state index contributed by atoms with van der Waals surface area (Å²) >= 11 is 0. The molecule has 0 saturated carbocycles. The molecule has 1 unspecified atom stereocenters. The molecule has 3 rings (SSSR count). The largest absolute Gasteiger partial charge is 0.456 e. The van der Waals surface area contributed by atoms with Gasteiger partial charge in [0.05, 0.1) is 28.2 Å². The van der Waals surface area contributed by atoms with E-state index in [-0.39, 0.29) is 11.9 Å². The molecule has 5 heteroatoms. The van der Waals surface area contributed by atoms with E-state index in [1.54, 1.807) is 24.3 Å². The highest BCUT2D eigenvalue weighted by molar-refractivity contribution is 5.90. The van der Waals surface area contributed by atoms with E-state index >= 15 is 0 Å². The molecule has 0 spiro atoms. The van der Waals surface area contributed by atoms with Gasteiger partial charge in [0, 0.05) is 12.6 Å². The molecule has 3 aromatic rings. The van der Waals surface area contributed by atoms with E-state index in [4.69, 9.17) is 10.00 Å². The van der Waals surface area contributed by atoms with E-state index in [0.29, 0.717) is 17.0 Å². The SMILES string of the molecule is CC(C)C(C)C(C)(C)OC(=O)c1ccc(-c2nc3cc(C#N)ccc3n2C)cc1. The Hall–Kier alpha value is -3.13. The second-order valence-corrected chi connectivity index (χ2v) is 8.41. The Bertz CT molecular complexity index is 1090. The van der Waals surface area contributed by atoms with Gasteiger partial charge in [-0.3, -0.25) is 0 Å². The highest BCUT2D eigenvalue weighted by Gasteiger charge is 2.32. The molecule has 0 saturated heterocycles. The number of benzene rings is 2. The van der Waals surface area contributed by atoms with E-state index in [2.05, 4.69) is 31.8 Å². The minimum Gasteiger partial charge on any atom is -0.456 e. The first-order chi connectivity index (χ1) is 13.6. The lowest BCUT2D eigenvalue weighted by Crippen LogP contribution is -2.37. The van der Waals surface area contributed by atoms with Crippen LogP contribution in [0.4, 0.5) is 0 Å². The molecule has 150 valence electrons. The monoisotopic (exact) mass is 389 g/mol. The molecule has 0 radical (unpaired) electrons. The van der Waals surface area contributed by atoms with E-state index in [9.17, 15) is 4.79 Å². The van der Waals surface area contributed by atoms with Gasteiger partial charge in [0.2, 0.25) is 0 Å². The van der Waals surface area contributed by atoms with Crippen molar-refractivity contribution in [3.05, 3.63) is 53.6 Å². The molecule has 0 amide bonds. The summed E-state index contributed by atoms with van der Waals surface area (Å²) in [4.78, 5) is 17.3. The molecule has 0 aliphatic carbocycles. The smallest absolute Gasteiger partial charge is 0.338 e. The van der Waals surface area contributed by atoms with E-state index < -0.39 is 5.60 Å². The van der Waals surface area contributed by atoms with Crippen LogP contribution in [-0.4, -0.2) is 21.1 Å². The van der Waals surface area contributed by atoms with Crippen molar-refractivity contribution in [3.8, 4) is 17.5 Å². The minimum atomic E-state index is -0.542. The predicted octanol–water partition coefficient (Wildman–Crippen LogP) is 5.34. The van der Waals surface area contributed by atoms with Gasteiger partial charge in [0.15, 0.2) is 0 Å². The maximum absolute atomic E-state index is 12.6. The van der Waals surface area contributed by atoms with Gasteiger partial charge in [-0.25, -0.2) is 9.78 Å². The Morgan fingerprint density at radius 3 is 2.38 bits per heavy atom. The van der Waals surface area contributed by atoms with Gasteiger partial charge < -0.3 is 9.30 Å². The van der Waals surface area contributed by atoms with Crippen molar-refractivity contribution in [2.24, 2.45) is 18.9 Å². The summed E-state index contributed by atoms with van der Waals surface area (Å²) in [6, 6.07) is 14.9. The standard InChI is InChI=1S/C24H27N3O2/c1-15(2)16(3)24(4,5)29-23(28)19-10-8-18(9-11-19)22-26-20-13-17(14-25)7-12-21(20)27(22)6/h7-13,15-16H,1-6H3. The number of nitriles is 1. The molecule has 0 N–H and O–H groups in total. The molecular weight excluding hydrogens is 362 g/mol. The third kappa shape index (κ3) is 4.02. The van der Waals surface area contributed by atoms with Crippen LogP contribution in [0.3, 0.4) is 0 Å². The predicted molar refractivity (Wildman–Crippen MR) is 114 cm³/mol. The number of rotatable bonds is 5. The lowest BCUT2D eigenvalue weighted by atomic mass is 9.83. The zero-order valence-corrected chi connectivity index (χ0v) is 17.9. The molecule has 1 aromatic heterocycles. The summed E-state index contributed by atoms with van der Waals surface area (Å²) in [7, 11) is 1.94. The van der Waals surface area contributed by atoms with Crippen LogP contribution in [0, 0.1) is 23.2 Å². The molecule has 0 bridgehead atoms. The number of hydrogen-bond acceptors (Lipinski definition) is 4. The van der Waals surface area contributed by atoms with Crippen LogP contribution in [0.1, 0.15) is 50.5 Å². The number of fused-ring (bicyclic) bond motifs is 1. The van der Waals surface area contributed by atoms with E-state index in [1.807, 2.05) is 43.7 Å². The number of esters is 1. The molecule has 1 atom stereocenters. The van der Waals surface area contributed by atoms with Crippen LogP contribution in [0.5, 0.6) is 0 Å². The summed E-state index contributed by atoms with van der Waals surface area (Å²) in [5.41, 5.74) is 3.18. The average molecular weight is 389 g/mol. The van der Waals surface area contributed by atoms with Crippen LogP contribution in [0.2, 0.25) is 0 Å². The highest BCUT2D eigenvalue weighted by atomic mass is 16.6. The molecule has 2 aromatic carbocycles. The third-order valence-electron chi connectivity index (χ3n) is 5.84. The fourth-order valence-electron chi connectivity index (χ4n) is 3.48. The van der Waals surface area contributed by atoms with Crippen molar-refractivity contribution in [1.82, 2.24) is 9.55 Å². The van der Waals surface area contributed by atoms with Gasteiger partial charge >= 0.3 is 5.97 Å². The number of hydrogen-bond donors (Lipinski definition) is 0. The van der Waals surface area contributed by atoms with Crippen LogP contribution in [0.25, 0.3) is 22.4 Å². The van der Waals surface area contributed by atoms with Crippen molar-refractivity contribution in [2.45, 2.75) is 40.2 Å². The first-order valence-electron chi connectivity index (χ1n) is 9.84. The van der Waals surface area contributed by atoms with Crippen molar-refractivity contribution >= 4 is 17.0 Å². The number of carbonyl (C=O) groups excluding carboxylic acids is 1. The second kappa shape index (κ2) is 7.71. The van der Waals surface area contributed by atoms with Crippen molar-refractivity contribution < 1.29 is 9.53 Å². The summed E-state index contributed by atoms with van der Waals surface area (Å²) in [5, 5.41) is 9.09. The van der Waals surface area contributed by atoms with Gasteiger partial charge in [-0.1, -0.05) is 32.9 Å². The first-order valence-corrected chi connectivity index (χ1v) is 9.84. The van der Waals surface area contributed by atoms with Crippen LogP contribution >= 0.6 is 0 Å². The highest BCUT2D eigenvalue weighted by Crippen LogP contribution is 2.29. The van der Waals surface area contributed by atoms with Gasteiger partial charge in [-0.15, -0.1) is 0 Å². The Morgan fingerprint density at radius 2 is 1.79 bits per heavy atom. The fourth-order valence-corrected chi connectivity index (χ4v) is 3.48. The maximum Gasteiger partial charge on any atom is 0.338 e. The number of nitrogens with zero attached hydrogens (tertiary/aromatic N) is 3. The van der Waals surface area contributed by atoms with E-state index in [0.717, 1.165) is 22.4 Å². The van der Waals surface area contributed by atoms with Crippen molar-refractivity contribution in [2.75, 3.05) is 0 Å². The van der Waals surface area contributed by atoms with Crippen molar-refractivity contribution in [1.29, 1.82) is 5.26 Å². The quantitative estimate of drug-likeness (QED) is 0.552. The van der Waals surface area contributed by atoms with Crippen molar-refractivity contribution in [3.63, 3.8) is 0 Å². The number of aryl methyl sites for hydroxylation is 1. The molecule has 0 fully saturated rings. The fraction of sp³-hybridized carbons (Fsp3) is 0.375. The Labute approximate surface area is 171 Å². The third-order valence-corrected chi connectivity index (χ3v) is 5.84. The lowest BCUT2D eigenvalue weighted by Gasteiger charge is -2.34. The zero-order valence-electron chi connectivity index (χ0n) is 17.9. The summed E-state index contributed by atoms with van der Waals surface area (Å²) in [6.07, 6.45) is 0. The molecule has 1 heterocycles. The Kier molecular flexibility index (Phi) is 5.48. The molecule has 5 nitrogen and oxygen atoms in total. The van der Waals surface area contributed by atoms with Gasteiger partial charge in [0.1, 0.15) is 11.4 Å². The number of ether oxygens (including phenoxy) is 1. The Morgan fingerprint density at radius 1 is 1.14 bits per heavy atom. The van der Waals surface area contributed by atoms with Gasteiger partial charge in [-0.2, -0.15) is 5.26 Å². The number of carbonyl (C=O) groups is 1. The topological polar surface area (TPSA) is 67.9 Å². The molecular formula is C24H27N3O2. The van der Waals surface area contributed by atoms with Crippen LogP contribution in [-0.2, 0) is 11.8 Å². The lowest BCUT2D eigenvalue weighted by molar-refractivity contribution is -0.0361. The second-order valence-electron chi connectivity index (χ2n) is 8.41. The number of imidazole rings is 1.